The van der Waals surface area contributed by atoms with E-state index in [0.717, 1.165) is 11.3 Å². The molecule has 0 fully saturated rings. The molecule has 0 aliphatic carbocycles. The third-order valence-electron chi connectivity index (χ3n) is 3.84. The lowest BCUT2D eigenvalue weighted by Gasteiger charge is -2.13. The number of rotatable bonds is 8. The van der Waals surface area contributed by atoms with Crippen molar-refractivity contribution in [1.29, 1.82) is 0 Å². The van der Waals surface area contributed by atoms with Crippen LogP contribution in [0.5, 0.6) is 0 Å². The topological polar surface area (TPSA) is 70.7 Å². The Labute approximate surface area is 159 Å². The van der Waals surface area contributed by atoms with E-state index in [-0.39, 0.29) is 17.5 Å². The number of carbonyl (C=O) groups is 2. The van der Waals surface area contributed by atoms with Crippen molar-refractivity contribution < 1.29 is 14.3 Å². The van der Waals surface area contributed by atoms with Gasteiger partial charge in [0.1, 0.15) is 5.70 Å². The zero-order valence-electron chi connectivity index (χ0n) is 15.9. The average molecular weight is 367 g/mol. The largest absolute Gasteiger partial charge is 0.383 e. The molecule has 2 aromatic carbocycles. The summed E-state index contributed by atoms with van der Waals surface area (Å²) in [5.41, 5.74) is 2.52. The molecule has 6 heteroatoms. The van der Waals surface area contributed by atoms with E-state index in [1.54, 1.807) is 37.5 Å². The minimum atomic E-state index is -0.368. The van der Waals surface area contributed by atoms with Crippen molar-refractivity contribution in [2.45, 2.75) is 0 Å². The molecule has 0 aliphatic rings. The maximum Gasteiger partial charge on any atom is 0.267 e. The SMILES string of the molecule is COCCNC(=O)/C(=C\c1ccc(N(C)C)cc1)NC(=O)c1ccccc1. The number of anilines is 1. The smallest absolute Gasteiger partial charge is 0.267 e. The predicted molar refractivity (Wildman–Crippen MR) is 108 cm³/mol. The van der Waals surface area contributed by atoms with Gasteiger partial charge in [0, 0.05) is 39.0 Å². The third kappa shape index (κ3) is 6.27. The Balaban J connectivity index is 2.22. The van der Waals surface area contributed by atoms with Crippen LogP contribution in [0.4, 0.5) is 5.69 Å². The maximum atomic E-state index is 12.5. The Morgan fingerprint density at radius 2 is 1.70 bits per heavy atom. The number of nitrogens with one attached hydrogen (secondary N) is 2. The Morgan fingerprint density at radius 3 is 2.30 bits per heavy atom. The van der Waals surface area contributed by atoms with Gasteiger partial charge in [-0.15, -0.1) is 0 Å². The summed E-state index contributed by atoms with van der Waals surface area (Å²) < 4.78 is 4.95. The highest BCUT2D eigenvalue weighted by Gasteiger charge is 2.14. The van der Waals surface area contributed by atoms with Gasteiger partial charge in [-0.25, -0.2) is 0 Å². The van der Waals surface area contributed by atoms with Gasteiger partial charge in [-0.2, -0.15) is 0 Å². The van der Waals surface area contributed by atoms with Crippen LogP contribution >= 0.6 is 0 Å². The quantitative estimate of drug-likeness (QED) is 0.555. The first-order valence-corrected chi connectivity index (χ1v) is 8.64. The van der Waals surface area contributed by atoms with Crippen molar-refractivity contribution in [1.82, 2.24) is 10.6 Å². The minimum absolute atomic E-state index is 0.178. The summed E-state index contributed by atoms with van der Waals surface area (Å²) in [6.45, 7) is 0.747. The van der Waals surface area contributed by atoms with Crippen LogP contribution in [0.15, 0.2) is 60.3 Å². The fraction of sp³-hybridized carbons (Fsp3) is 0.238. The number of methoxy groups -OCH3 is 1. The summed E-state index contributed by atoms with van der Waals surface area (Å²) in [5, 5.41) is 5.44. The molecule has 27 heavy (non-hydrogen) atoms. The van der Waals surface area contributed by atoms with Gasteiger partial charge in [0.15, 0.2) is 0 Å². The van der Waals surface area contributed by atoms with Crippen molar-refractivity contribution in [3.8, 4) is 0 Å². The first-order valence-electron chi connectivity index (χ1n) is 8.64. The van der Waals surface area contributed by atoms with Gasteiger partial charge < -0.3 is 20.3 Å². The molecule has 0 radical (unpaired) electrons. The molecule has 0 heterocycles. The molecule has 0 unspecified atom stereocenters. The molecule has 0 spiro atoms. The van der Waals surface area contributed by atoms with E-state index in [0.29, 0.717) is 18.7 Å². The summed E-state index contributed by atoms with van der Waals surface area (Å²) in [7, 11) is 5.48. The molecule has 0 bridgehead atoms. The van der Waals surface area contributed by atoms with Crippen LogP contribution in [0.2, 0.25) is 0 Å². The van der Waals surface area contributed by atoms with E-state index in [2.05, 4.69) is 10.6 Å². The van der Waals surface area contributed by atoms with E-state index in [4.69, 9.17) is 4.74 Å². The first kappa shape index (κ1) is 20.2. The van der Waals surface area contributed by atoms with Crippen molar-refractivity contribution in [2.24, 2.45) is 0 Å². The zero-order valence-corrected chi connectivity index (χ0v) is 15.9. The maximum absolute atomic E-state index is 12.5. The number of carbonyl (C=O) groups excluding carboxylic acids is 2. The molecule has 0 saturated heterocycles. The highest BCUT2D eigenvalue weighted by Crippen LogP contribution is 2.14. The molecular weight excluding hydrogens is 342 g/mol. The van der Waals surface area contributed by atoms with Gasteiger partial charge in [-0.05, 0) is 35.9 Å². The number of hydrogen-bond acceptors (Lipinski definition) is 4. The minimum Gasteiger partial charge on any atom is -0.383 e. The van der Waals surface area contributed by atoms with Gasteiger partial charge in [0.25, 0.3) is 11.8 Å². The third-order valence-corrected chi connectivity index (χ3v) is 3.84. The normalized spacial score (nSPS) is 11.0. The molecule has 2 aromatic rings. The van der Waals surface area contributed by atoms with Gasteiger partial charge in [0.05, 0.1) is 6.61 Å². The summed E-state index contributed by atoms with van der Waals surface area (Å²) >= 11 is 0. The number of nitrogens with zero attached hydrogens (tertiary/aromatic N) is 1. The second kappa shape index (κ2) is 10.1. The summed E-state index contributed by atoms with van der Waals surface area (Å²) in [6.07, 6.45) is 1.66. The molecule has 0 saturated carbocycles. The average Bonchev–Trinajstić information content (AvgIpc) is 2.68. The zero-order chi connectivity index (χ0) is 19.6. The number of hydrogen-bond donors (Lipinski definition) is 2. The van der Waals surface area contributed by atoms with E-state index in [9.17, 15) is 9.59 Å². The molecule has 142 valence electrons. The van der Waals surface area contributed by atoms with Crippen molar-refractivity contribution in [3.63, 3.8) is 0 Å². The second-order valence-electron chi connectivity index (χ2n) is 6.11. The van der Waals surface area contributed by atoms with Crippen molar-refractivity contribution >= 4 is 23.6 Å². The van der Waals surface area contributed by atoms with Gasteiger partial charge in [-0.3, -0.25) is 9.59 Å². The van der Waals surface area contributed by atoms with Gasteiger partial charge in [0.2, 0.25) is 0 Å². The molecule has 2 amide bonds. The second-order valence-corrected chi connectivity index (χ2v) is 6.11. The standard InChI is InChI=1S/C21H25N3O3/c1-24(2)18-11-9-16(10-12-18)15-19(21(26)22-13-14-27-3)23-20(25)17-7-5-4-6-8-17/h4-12,15H,13-14H2,1-3H3,(H,22,26)(H,23,25)/b19-15+. The van der Waals surface area contributed by atoms with Crippen LogP contribution < -0.4 is 15.5 Å². The predicted octanol–water partition coefficient (Wildman–Crippen LogP) is 2.29. The lowest BCUT2D eigenvalue weighted by atomic mass is 10.1. The number of ether oxygens (including phenoxy) is 1. The molecule has 0 aromatic heterocycles. The van der Waals surface area contributed by atoms with Gasteiger partial charge >= 0.3 is 0 Å². The van der Waals surface area contributed by atoms with Gasteiger partial charge in [-0.1, -0.05) is 30.3 Å². The number of amides is 2. The van der Waals surface area contributed by atoms with E-state index in [1.165, 1.54) is 0 Å². The highest BCUT2D eigenvalue weighted by atomic mass is 16.5. The molecule has 2 N–H and O–H groups in total. The number of benzene rings is 2. The van der Waals surface area contributed by atoms with E-state index >= 15 is 0 Å². The lowest BCUT2D eigenvalue weighted by molar-refractivity contribution is -0.117. The summed E-state index contributed by atoms with van der Waals surface area (Å²) in [4.78, 5) is 27.0. The van der Waals surface area contributed by atoms with Crippen molar-refractivity contribution in [2.75, 3.05) is 39.3 Å². The highest BCUT2D eigenvalue weighted by molar-refractivity contribution is 6.05. The molecule has 6 nitrogen and oxygen atoms in total. The van der Waals surface area contributed by atoms with Crippen LogP contribution in [0.1, 0.15) is 15.9 Å². The Bertz CT molecular complexity index is 784. The van der Waals surface area contributed by atoms with Crippen LogP contribution in [0, 0.1) is 0 Å². The first-order chi connectivity index (χ1) is 13.0. The fourth-order valence-electron chi connectivity index (χ4n) is 2.34. The van der Waals surface area contributed by atoms with Crippen LogP contribution in [-0.4, -0.2) is 46.2 Å². The molecule has 0 atom stereocenters. The summed E-state index contributed by atoms with van der Waals surface area (Å²) in [6, 6.07) is 16.5. The lowest BCUT2D eigenvalue weighted by Crippen LogP contribution is -2.36. The molecule has 0 aliphatic heterocycles. The Hall–Kier alpha value is -3.12. The van der Waals surface area contributed by atoms with Crippen molar-refractivity contribution in [3.05, 3.63) is 71.4 Å². The molecular formula is C21H25N3O3. The van der Waals surface area contributed by atoms with Crippen LogP contribution in [0.3, 0.4) is 0 Å². The summed E-state index contributed by atoms with van der Waals surface area (Å²) in [5.74, 6) is -0.707. The molecule has 2 rings (SSSR count). The Morgan fingerprint density at radius 1 is 1.04 bits per heavy atom. The van der Waals surface area contributed by atoms with Crippen LogP contribution in [0.25, 0.3) is 6.08 Å². The van der Waals surface area contributed by atoms with E-state index in [1.807, 2.05) is 49.3 Å². The van der Waals surface area contributed by atoms with Crippen LogP contribution in [-0.2, 0) is 9.53 Å². The monoisotopic (exact) mass is 367 g/mol. The Kier molecular flexibility index (Phi) is 7.58. The van der Waals surface area contributed by atoms with E-state index < -0.39 is 0 Å². The fourth-order valence-corrected chi connectivity index (χ4v) is 2.34.